The Morgan fingerprint density at radius 3 is 0.857 bits per heavy atom. The Bertz CT molecular complexity index is 561. The molecule has 0 aliphatic carbocycles. The van der Waals surface area contributed by atoms with Crippen LogP contribution in [0.5, 0.6) is 0 Å². The van der Waals surface area contributed by atoms with E-state index in [1.165, 1.54) is 0 Å². The maximum atomic E-state index is 3.83. The van der Waals surface area contributed by atoms with E-state index in [-0.39, 0.29) is 0 Å². The fourth-order valence-corrected chi connectivity index (χ4v) is 17.7. The van der Waals surface area contributed by atoms with Gasteiger partial charge in [0.05, 0.1) is 0 Å². The van der Waals surface area contributed by atoms with E-state index in [2.05, 4.69) is 303 Å². The molecule has 0 atom stereocenters. The molecule has 0 unspecified atom stereocenters. The van der Waals surface area contributed by atoms with Crippen molar-refractivity contribution in [3.05, 3.63) is 4.83 Å². The summed E-state index contributed by atoms with van der Waals surface area (Å²) in [6.07, 6.45) is 0. The van der Waals surface area contributed by atoms with E-state index in [9.17, 15) is 0 Å². The molecule has 0 N–H and O–H groups in total. The lowest BCUT2D eigenvalue weighted by atomic mass is 10.1. The molecule has 0 bridgehead atoms. The molecule has 0 saturated heterocycles. The number of rotatable bonds is 6. The summed E-state index contributed by atoms with van der Waals surface area (Å²) in [5.41, 5.74) is 0. The summed E-state index contributed by atoms with van der Waals surface area (Å²) in [6.45, 7) is 0. The Hall–Kier alpha value is 9.12. The molecular formula is C9Br19. The van der Waals surface area contributed by atoms with E-state index in [1.807, 2.05) is 0 Å². The zero-order valence-electron chi connectivity index (χ0n) is 11.7. The Labute approximate surface area is 323 Å². The van der Waals surface area contributed by atoms with Crippen LogP contribution < -0.4 is 0 Å². The molecule has 19 heteroatoms. The van der Waals surface area contributed by atoms with Gasteiger partial charge >= 0.3 is 0 Å². The van der Waals surface area contributed by atoms with Gasteiger partial charge in [0.15, 0.2) is 4.29 Å². The van der Waals surface area contributed by atoms with Gasteiger partial charge in [-0.05, 0) is 0 Å². The molecule has 0 aromatic carbocycles. The average Bonchev–Trinajstić information content (AvgIpc) is 2.42. The van der Waals surface area contributed by atoms with Crippen molar-refractivity contribution in [3.8, 4) is 0 Å². The smallest absolute Gasteiger partial charge is 0.0775 e. The fraction of sp³-hybridized carbons (Fsp3) is 0.889. The minimum absolute atomic E-state index is 0.717. The van der Waals surface area contributed by atoms with Crippen LogP contribution in [0.2, 0.25) is 0 Å². The molecule has 0 amide bonds. The minimum Gasteiger partial charge on any atom is -0.0775 e. The fourth-order valence-electron chi connectivity index (χ4n) is 1.28. The third-order valence-electron chi connectivity index (χ3n) is 2.85. The van der Waals surface area contributed by atoms with Gasteiger partial charge in [-0.2, -0.15) is 0 Å². The van der Waals surface area contributed by atoms with Gasteiger partial charge in [0.25, 0.3) is 0 Å². The first kappa shape index (κ1) is 37.1. The van der Waals surface area contributed by atoms with Gasteiger partial charge in [-0.3, -0.25) is 0 Å². The summed E-state index contributed by atoms with van der Waals surface area (Å²) in [6, 6.07) is 0. The molecule has 28 heavy (non-hydrogen) atoms. The summed E-state index contributed by atoms with van der Waals surface area (Å²) in [5, 5.41) is 0. The molecule has 0 spiro atoms. The van der Waals surface area contributed by atoms with Gasteiger partial charge < -0.3 is 0 Å². The molecule has 1 radical (unpaired) electrons. The van der Waals surface area contributed by atoms with Gasteiger partial charge in [0.2, 0.25) is 0 Å². The van der Waals surface area contributed by atoms with Crippen molar-refractivity contribution in [3.63, 3.8) is 0 Å². The van der Waals surface area contributed by atoms with Gasteiger partial charge in [0.1, 0.15) is 24.2 Å². The van der Waals surface area contributed by atoms with Crippen molar-refractivity contribution in [2.45, 2.75) is 23.7 Å². The predicted molar refractivity (Wildman–Crippen MR) is 195 cm³/mol. The number of hydrogen-bond donors (Lipinski definition) is 0. The zero-order valence-corrected chi connectivity index (χ0v) is 41.8. The monoisotopic (exact) mass is 1610 g/mol. The molecule has 169 valence electrons. The van der Waals surface area contributed by atoms with Crippen molar-refractivity contribution < 1.29 is 0 Å². The molecule has 0 aliphatic heterocycles. The van der Waals surface area contributed by atoms with Crippen LogP contribution in [0.15, 0.2) is 0 Å². The highest BCUT2D eigenvalue weighted by Crippen LogP contribution is 2.78. The second-order valence-corrected chi connectivity index (χ2v) is 39.7. The van der Waals surface area contributed by atoms with Crippen LogP contribution in [0.1, 0.15) is 0 Å². The van der Waals surface area contributed by atoms with Gasteiger partial charge in [-0.25, -0.2) is 0 Å². The molecule has 0 rings (SSSR count). The lowest BCUT2D eigenvalue weighted by Crippen LogP contribution is -2.66. The molecular weight excluding hydrogens is 1630 g/mol. The van der Waals surface area contributed by atoms with Crippen LogP contribution in [0.3, 0.4) is 0 Å². The SMILES string of the molecule is Br[C](C(Br)(Br)Br)C(Br)(Br)C(Br)(Br)C(Br)(Br)C(Br)(Br)C(Br)(Br)C(Br)(Br)C(Br)(Br)Br. The number of hydrogen-bond acceptors (Lipinski definition) is 0. The summed E-state index contributed by atoms with van der Waals surface area (Å²) in [4.78, 5) is 0.717. The largest absolute Gasteiger partial charge is 0.162 e. The van der Waals surface area contributed by atoms with Gasteiger partial charge in [0, 0.05) is 0 Å². The van der Waals surface area contributed by atoms with E-state index in [0.29, 0.717) is 0 Å². The van der Waals surface area contributed by atoms with E-state index in [0.717, 1.165) is 4.83 Å². The van der Waals surface area contributed by atoms with Crippen molar-refractivity contribution in [1.82, 2.24) is 0 Å². The van der Waals surface area contributed by atoms with Crippen LogP contribution in [0, 0.1) is 4.83 Å². The highest BCUT2D eigenvalue weighted by atomic mass is 80.0. The van der Waals surface area contributed by atoms with Gasteiger partial charge in [-0.1, -0.05) is 303 Å². The van der Waals surface area contributed by atoms with Crippen molar-refractivity contribution in [1.29, 1.82) is 0 Å². The first-order valence-corrected chi connectivity index (χ1v) is 20.7. The quantitative estimate of drug-likeness (QED) is 0.233. The summed E-state index contributed by atoms with van der Waals surface area (Å²) < 4.78 is -7.19. The average molecular weight is 1630 g/mol. The maximum Gasteiger partial charge on any atom is 0.162 e. The second-order valence-electron chi connectivity index (χ2n) is 4.76. The normalized spacial score (nSPS) is 16.7. The maximum absolute atomic E-state index is 3.83. The Balaban J connectivity index is 6.64. The Kier molecular flexibility index (Phi) is 16.3. The topological polar surface area (TPSA) is 0 Å². The lowest BCUT2D eigenvalue weighted by Gasteiger charge is -2.56. The minimum atomic E-state index is -0.998. The van der Waals surface area contributed by atoms with Crippen molar-refractivity contribution in [2.24, 2.45) is 0 Å². The first-order valence-electron chi connectivity index (χ1n) is 5.59. The second kappa shape index (κ2) is 12.3. The third kappa shape index (κ3) is 7.25. The van der Waals surface area contributed by atoms with E-state index in [4.69, 9.17) is 0 Å². The van der Waals surface area contributed by atoms with Crippen LogP contribution in [0.25, 0.3) is 0 Å². The molecule has 0 aromatic rings. The van der Waals surface area contributed by atoms with Crippen LogP contribution in [0.4, 0.5) is 0 Å². The highest BCUT2D eigenvalue weighted by molar-refractivity contribution is 9.42. The molecule has 0 aliphatic rings. The van der Waals surface area contributed by atoms with Crippen LogP contribution in [-0.4, -0.2) is 23.7 Å². The van der Waals surface area contributed by atoms with E-state index < -0.39 is 23.7 Å². The van der Waals surface area contributed by atoms with Gasteiger partial charge in [-0.15, -0.1) is 0 Å². The first-order chi connectivity index (χ1) is 11.7. The molecule has 0 fully saturated rings. The summed E-state index contributed by atoms with van der Waals surface area (Å²) in [5.74, 6) is 0. The molecule has 0 aromatic heterocycles. The molecule has 0 nitrogen and oxygen atoms in total. The lowest BCUT2D eigenvalue weighted by molar-refractivity contribution is 0.611. The predicted octanol–water partition coefficient (Wildman–Crippen LogP) is 14.5. The van der Waals surface area contributed by atoms with Crippen LogP contribution in [-0.2, 0) is 0 Å². The molecule has 0 heterocycles. The Morgan fingerprint density at radius 2 is 0.607 bits per heavy atom. The summed E-state index contributed by atoms with van der Waals surface area (Å²) in [7, 11) is 0. The summed E-state index contributed by atoms with van der Waals surface area (Å²) >= 11 is 70.4. The third-order valence-corrected chi connectivity index (χ3v) is 37.4. The van der Waals surface area contributed by atoms with Crippen molar-refractivity contribution >= 4 is 303 Å². The van der Waals surface area contributed by atoms with Crippen LogP contribution >= 0.6 is 303 Å². The number of halogens is 19. The standard InChI is InChI=1S/C9Br19/c10-1(3(13,14)15)2(11,12)4(16,17)5(18,19)6(20,21)7(22,23)8(24,25)9(26,27)28. The van der Waals surface area contributed by atoms with E-state index in [1.54, 1.807) is 0 Å². The Morgan fingerprint density at radius 1 is 0.357 bits per heavy atom. The van der Waals surface area contributed by atoms with E-state index >= 15 is 0 Å². The number of alkyl halides is 18. The molecule has 0 saturated carbocycles. The highest BCUT2D eigenvalue weighted by Gasteiger charge is 2.76. The zero-order chi connectivity index (χ0) is 23.6. The van der Waals surface area contributed by atoms with Crippen molar-refractivity contribution in [2.75, 3.05) is 0 Å².